The summed E-state index contributed by atoms with van der Waals surface area (Å²) in [6.45, 7) is 4.60. The number of nitrogens with zero attached hydrogens (tertiary/aromatic N) is 1. The molecule has 0 aliphatic heterocycles. The molecule has 0 unspecified atom stereocenters. The molecule has 0 radical (unpaired) electrons. The molecule has 30 heavy (non-hydrogen) atoms. The zero-order valence-electron chi connectivity index (χ0n) is 18.3. The number of anilines is 2. The summed E-state index contributed by atoms with van der Waals surface area (Å²) in [5, 5.41) is 2.79. The van der Waals surface area contributed by atoms with E-state index in [9.17, 15) is 0 Å². The first-order chi connectivity index (χ1) is 14.6. The number of rotatable bonds is 4. The van der Waals surface area contributed by atoms with Gasteiger partial charge in [0.1, 0.15) is 0 Å². The first-order valence-corrected chi connectivity index (χ1v) is 12.2. The van der Waals surface area contributed by atoms with Crippen LogP contribution in [0.5, 0.6) is 0 Å². The third-order valence-corrected chi connectivity index (χ3v) is 8.15. The second kappa shape index (κ2) is 8.07. The largest absolute Gasteiger partial charge is 0.343 e. The molecule has 1 saturated carbocycles. The van der Waals surface area contributed by atoms with Gasteiger partial charge < -0.3 is 4.90 Å². The normalized spacial score (nSPS) is 15.3. The van der Waals surface area contributed by atoms with E-state index in [1.807, 2.05) is 11.3 Å². The van der Waals surface area contributed by atoms with Gasteiger partial charge in [0.05, 0.1) is 10.4 Å². The van der Waals surface area contributed by atoms with Crippen molar-refractivity contribution in [1.82, 2.24) is 0 Å². The molecule has 1 aliphatic rings. The summed E-state index contributed by atoms with van der Waals surface area (Å²) in [5.74, 6) is 1.24. The fraction of sp³-hybridized carbons (Fsp3) is 0.357. The van der Waals surface area contributed by atoms with Gasteiger partial charge in [0.25, 0.3) is 0 Å². The lowest BCUT2D eigenvalue weighted by molar-refractivity contribution is 0.444. The Balaban J connectivity index is 1.65. The van der Waals surface area contributed by atoms with Crippen molar-refractivity contribution in [1.29, 1.82) is 0 Å². The van der Waals surface area contributed by atoms with Crippen LogP contribution in [0.25, 0.3) is 20.2 Å². The summed E-state index contributed by atoms with van der Waals surface area (Å²) in [4.78, 5) is 2.44. The molecule has 0 spiro atoms. The standard InChI is InChI=1S/C28H31NS/c1-19(2)21-14-9-15-23-24-16-10-18-26(28(24)30-27(21)23)29(3)25-17-8-7-13-22(25)20-11-5-4-6-12-20/h7-10,13-20H,4-6,11-12H2,1-3H3. The van der Waals surface area contributed by atoms with E-state index in [1.165, 1.54) is 74.8 Å². The Labute approximate surface area is 184 Å². The Kier molecular flexibility index (Phi) is 5.28. The maximum absolute atomic E-state index is 2.44. The van der Waals surface area contributed by atoms with Crippen LogP contribution in [0, 0.1) is 0 Å². The van der Waals surface area contributed by atoms with E-state index in [-0.39, 0.29) is 0 Å². The van der Waals surface area contributed by atoms with Crippen molar-refractivity contribution >= 4 is 42.9 Å². The van der Waals surface area contributed by atoms with Crippen LogP contribution >= 0.6 is 11.3 Å². The van der Waals surface area contributed by atoms with Crippen LogP contribution < -0.4 is 4.90 Å². The Morgan fingerprint density at radius 3 is 2.20 bits per heavy atom. The number of thiophene rings is 1. The second-order valence-electron chi connectivity index (χ2n) is 9.09. The molecule has 1 heterocycles. The molecule has 0 bridgehead atoms. The summed E-state index contributed by atoms with van der Waals surface area (Å²) >= 11 is 1.97. The first kappa shape index (κ1) is 19.6. The monoisotopic (exact) mass is 413 g/mol. The summed E-state index contributed by atoms with van der Waals surface area (Å²) in [7, 11) is 2.25. The SMILES string of the molecule is CC(C)c1cccc2c1sc1c(N(C)c3ccccc3C3CCCCC3)cccc12. The Morgan fingerprint density at radius 1 is 0.767 bits per heavy atom. The third kappa shape index (κ3) is 3.32. The second-order valence-corrected chi connectivity index (χ2v) is 10.1. The molecule has 0 amide bonds. The van der Waals surface area contributed by atoms with Crippen LogP contribution in [0.3, 0.4) is 0 Å². The van der Waals surface area contributed by atoms with Crippen LogP contribution in [0.1, 0.15) is 68.9 Å². The highest BCUT2D eigenvalue weighted by Gasteiger charge is 2.22. The summed E-state index contributed by atoms with van der Waals surface area (Å²) in [5.41, 5.74) is 5.69. The number of fused-ring (bicyclic) bond motifs is 3. The van der Waals surface area contributed by atoms with E-state index in [0.29, 0.717) is 11.8 Å². The molecule has 1 fully saturated rings. The summed E-state index contributed by atoms with van der Waals surface area (Å²) in [6, 6.07) is 22.7. The minimum atomic E-state index is 0.537. The van der Waals surface area contributed by atoms with Gasteiger partial charge in [0.2, 0.25) is 0 Å². The van der Waals surface area contributed by atoms with Crippen LogP contribution in [0.4, 0.5) is 11.4 Å². The summed E-state index contributed by atoms with van der Waals surface area (Å²) < 4.78 is 2.85. The predicted octanol–water partition coefficient (Wildman–Crippen LogP) is 8.99. The summed E-state index contributed by atoms with van der Waals surface area (Å²) in [6.07, 6.45) is 6.79. The van der Waals surface area contributed by atoms with E-state index in [1.54, 1.807) is 0 Å². The Bertz CT molecular complexity index is 1180. The van der Waals surface area contributed by atoms with Crippen LogP contribution in [0.2, 0.25) is 0 Å². The zero-order valence-corrected chi connectivity index (χ0v) is 19.1. The van der Waals surface area contributed by atoms with Crippen molar-refractivity contribution in [3.05, 3.63) is 71.8 Å². The highest BCUT2D eigenvalue weighted by Crippen LogP contribution is 2.45. The average Bonchev–Trinajstić information content (AvgIpc) is 3.18. The van der Waals surface area contributed by atoms with Crippen molar-refractivity contribution in [2.45, 2.75) is 57.8 Å². The maximum Gasteiger partial charge on any atom is 0.0592 e. The Hall–Kier alpha value is -2.32. The van der Waals surface area contributed by atoms with E-state index in [0.717, 1.165) is 0 Å². The van der Waals surface area contributed by atoms with Crippen LogP contribution in [0.15, 0.2) is 60.7 Å². The topological polar surface area (TPSA) is 3.24 Å². The lowest BCUT2D eigenvalue weighted by atomic mass is 9.83. The van der Waals surface area contributed by atoms with E-state index >= 15 is 0 Å². The molecule has 1 aliphatic carbocycles. The number of para-hydroxylation sites is 1. The molecular formula is C28H31NS. The number of hydrogen-bond acceptors (Lipinski definition) is 2. The molecule has 154 valence electrons. The van der Waals surface area contributed by atoms with E-state index in [2.05, 4.69) is 86.5 Å². The van der Waals surface area contributed by atoms with Gasteiger partial charge in [-0.25, -0.2) is 0 Å². The third-order valence-electron chi connectivity index (χ3n) is 6.86. The van der Waals surface area contributed by atoms with Gasteiger partial charge in [-0.2, -0.15) is 0 Å². The lowest BCUT2D eigenvalue weighted by Gasteiger charge is -2.29. The first-order valence-electron chi connectivity index (χ1n) is 11.4. The lowest BCUT2D eigenvalue weighted by Crippen LogP contribution is -2.14. The van der Waals surface area contributed by atoms with Gasteiger partial charge in [-0.3, -0.25) is 0 Å². The van der Waals surface area contributed by atoms with Gasteiger partial charge in [0.15, 0.2) is 0 Å². The molecule has 3 aromatic carbocycles. The number of hydrogen-bond donors (Lipinski definition) is 0. The molecule has 0 N–H and O–H groups in total. The van der Waals surface area contributed by atoms with Gasteiger partial charge in [-0.05, 0) is 47.9 Å². The van der Waals surface area contributed by atoms with E-state index in [4.69, 9.17) is 0 Å². The van der Waals surface area contributed by atoms with Crippen molar-refractivity contribution in [3.8, 4) is 0 Å². The quantitative estimate of drug-likeness (QED) is 0.322. The molecule has 4 aromatic rings. The molecule has 0 atom stereocenters. The van der Waals surface area contributed by atoms with Crippen molar-refractivity contribution in [3.63, 3.8) is 0 Å². The van der Waals surface area contributed by atoms with E-state index < -0.39 is 0 Å². The van der Waals surface area contributed by atoms with Gasteiger partial charge >= 0.3 is 0 Å². The fourth-order valence-electron chi connectivity index (χ4n) is 5.23. The smallest absolute Gasteiger partial charge is 0.0592 e. The molecule has 1 aromatic heterocycles. The highest BCUT2D eigenvalue weighted by molar-refractivity contribution is 7.26. The highest BCUT2D eigenvalue weighted by atomic mass is 32.1. The van der Waals surface area contributed by atoms with Crippen LogP contribution in [-0.2, 0) is 0 Å². The van der Waals surface area contributed by atoms with Crippen molar-refractivity contribution in [2.75, 3.05) is 11.9 Å². The van der Waals surface area contributed by atoms with Gasteiger partial charge in [-0.1, -0.05) is 81.6 Å². The van der Waals surface area contributed by atoms with Gasteiger partial charge in [-0.15, -0.1) is 11.3 Å². The predicted molar refractivity (Wildman–Crippen MR) is 134 cm³/mol. The fourth-order valence-corrected chi connectivity index (χ4v) is 6.74. The Morgan fingerprint density at radius 2 is 1.43 bits per heavy atom. The molecular weight excluding hydrogens is 382 g/mol. The number of benzene rings is 3. The average molecular weight is 414 g/mol. The zero-order chi connectivity index (χ0) is 20.7. The van der Waals surface area contributed by atoms with Gasteiger partial charge in [0, 0.05) is 28.2 Å². The molecule has 2 heteroatoms. The maximum atomic E-state index is 2.44. The molecule has 5 rings (SSSR count). The van der Waals surface area contributed by atoms with Crippen molar-refractivity contribution in [2.24, 2.45) is 0 Å². The molecule has 1 nitrogen and oxygen atoms in total. The molecule has 0 saturated heterocycles. The van der Waals surface area contributed by atoms with Crippen molar-refractivity contribution < 1.29 is 0 Å². The minimum absolute atomic E-state index is 0.537. The minimum Gasteiger partial charge on any atom is -0.343 e. The van der Waals surface area contributed by atoms with Crippen LogP contribution in [-0.4, -0.2) is 7.05 Å².